The van der Waals surface area contributed by atoms with Crippen LogP contribution >= 0.6 is 0 Å². The summed E-state index contributed by atoms with van der Waals surface area (Å²) < 4.78 is 15.6. The number of cyclic esters (lactones) is 1. The van der Waals surface area contributed by atoms with Gasteiger partial charge in [0.15, 0.2) is 6.10 Å². The number of carbonyl (C=O) groups excluding carboxylic acids is 2. The van der Waals surface area contributed by atoms with Crippen molar-refractivity contribution in [2.45, 2.75) is 25.7 Å². The van der Waals surface area contributed by atoms with Crippen LogP contribution in [-0.4, -0.2) is 49.4 Å². The van der Waals surface area contributed by atoms with Gasteiger partial charge >= 0.3 is 12.1 Å². The predicted octanol–water partition coefficient (Wildman–Crippen LogP) is 2.14. The third-order valence-corrected chi connectivity index (χ3v) is 3.56. The summed E-state index contributed by atoms with van der Waals surface area (Å²) in [7, 11) is 1.30. The van der Waals surface area contributed by atoms with Crippen molar-refractivity contribution in [2.24, 2.45) is 0 Å². The average Bonchev–Trinajstić information content (AvgIpc) is 3.00. The van der Waals surface area contributed by atoms with E-state index >= 15 is 0 Å². The fourth-order valence-electron chi connectivity index (χ4n) is 2.42. The van der Waals surface area contributed by atoms with Crippen molar-refractivity contribution < 1.29 is 23.8 Å². The van der Waals surface area contributed by atoms with Crippen LogP contribution in [0.2, 0.25) is 0 Å². The van der Waals surface area contributed by atoms with Gasteiger partial charge in [-0.3, -0.25) is 4.90 Å². The van der Waals surface area contributed by atoms with Gasteiger partial charge in [0.2, 0.25) is 0 Å². The van der Waals surface area contributed by atoms with Gasteiger partial charge in [-0.2, -0.15) is 0 Å². The lowest BCUT2D eigenvalue weighted by Crippen LogP contribution is -2.48. The Labute approximate surface area is 135 Å². The summed E-state index contributed by atoms with van der Waals surface area (Å²) >= 11 is 0. The quantitative estimate of drug-likeness (QED) is 0.569. The fraction of sp³-hybridized carbons (Fsp3) is 0.412. The third kappa shape index (κ3) is 4.32. The summed E-state index contributed by atoms with van der Waals surface area (Å²) in [5.41, 5.74) is 0.935. The van der Waals surface area contributed by atoms with Crippen molar-refractivity contribution in [2.75, 3.05) is 20.3 Å². The molecule has 1 saturated heterocycles. The summed E-state index contributed by atoms with van der Waals surface area (Å²) in [5, 5.41) is 0. The van der Waals surface area contributed by atoms with E-state index < -0.39 is 24.2 Å². The predicted molar refractivity (Wildman–Crippen MR) is 83.7 cm³/mol. The Morgan fingerprint density at radius 3 is 2.70 bits per heavy atom. The number of carbonyl (C=O) groups is 2. The molecule has 1 amide bonds. The standard InChI is InChI=1S/C17H21NO5/c1-3-7-14(18-10-11-22-17(18)20)15(16(19)21-2)23-12-13-8-5-4-6-9-13/h3-9,14-15H,10-12H2,1-2H3/b7-3+/t14-,15-/m1/s1. The van der Waals surface area contributed by atoms with Gasteiger partial charge in [0.05, 0.1) is 26.3 Å². The number of hydrogen-bond donors (Lipinski definition) is 0. The molecule has 0 unspecified atom stereocenters. The van der Waals surface area contributed by atoms with Gasteiger partial charge in [-0.1, -0.05) is 42.5 Å². The normalized spacial score (nSPS) is 17.1. The highest BCUT2D eigenvalue weighted by Crippen LogP contribution is 2.18. The molecule has 1 aliphatic rings. The van der Waals surface area contributed by atoms with Crippen molar-refractivity contribution in [3.8, 4) is 0 Å². The first-order chi connectivity index (χ1) is 11.2. The molecule has 124 valence electrons. The van der Waals surface area contributed by atoms with Crippen LogP contribution in [0, 0.1) is 0 Å². The highest BCUT2D eigenvalue weighted by atomic mass is 16.6. The maximum Gasteiger partial charge on any atom is 0.410 e. The summed E-state index contributed by atoms with van der Waals surface area (Å²) in [6.45, 7) is 2.78. The zero-order valence-electron chi connectivity index (χ0n) is 13.3. The maximum absolute atomic E-state index is 12.2. The third-order valence-electron chi connectivity index (χ3n) is 3.56. The van der Waals surface area contributed by atoms with Crippen molar-refractivity contribution in [3.63, 3.8) is 0 Å². The molecule has 0 bridgehead atoms. The summed E-state index contributed by atoms with van der Waals surface area (Å²) in [6, 6.07) is 8.95. The van der Waals surface area contributed by atoms with E-state index in [4.69, 9.17) is 14.2 Å². The molecule has 1 aliphatic heterocycles. The first kappa shape index (κ1) is 17.0. The Morgan fingerprint density at radius 1 is 1.39 bits per heavy atom. The number of methoxy groups -OCH3 is 1. The molecule has 2 atom stereocenters. The molecule has 0 aromatic heterocycles. The molecule has 1 aromatic carbocycles. The van der Waals surface area contributed by atoms with E-state index in [2.05, 4.69) is 0 Å². The number of esters is 1. The first-order valence-electron chi connectivity index (χ1n) is 7.47. The van der Waals surface area contributed by atoms with E-state index in [0.717, 1.165) is 5.56 Å². The van der Waals surface area contributed by atoms with Crippen molar-refractivity contribution in [1.82, 2.24) is 4.90 Å². The van der Waals surface area contributed by atoms with E-state index in [9.17, 15) is 9.59 Å². The topological polar surface area (TPSA) is 65.1 Å². The van der Waals surface area contributed by atoms with Gasteiger partial charge in [0, 0.05) is 0 Å². The molecular weight excluding hydrogens is 298 g/mol. The Kier molecular flexibility index (Phi) is 6.17. The van der Waals surface area contributed by atoms with Gasteiger partial charge in [0.1, 0.15) is 6.61 Å². The molecule has 1 aromatic rings. The Hall–Kier alpha value is -2.34. The number of hydrogen-bond acceptors (Lipinski definition) is 5. The molecule has 0 spiro atoms. The van der Waals surface area contributed by atoms with Gasteiger partial charge in [-0.15, -0.1) is 0 Å². The Bertz CT molecular complexity index is 557. The molecule has 0 aliphatic carbocycles. The second-order valence-corrected chi connectivity index (χ2v) is 5.06. The number of allylic oxidation sites excluding steroid dienone is 1. The van der Waals surface area contributed by atoms with Crippen LogP contribution in [0.5, 0.6) is 0 Å². The largest absolute Gasteiger partial charge is 0.467 e. The molecule has 1 heterocycles. The summed E-state index contributed by atoms with van der Waals surface area (Å²) in [5.74, 6) is -0.524. The molecule has 0 N–H and O–H groups in total. The van der Waals surface area contributed by atoms with Crippen molar-refractivity contribution >= 4 is 12.1 Å². The lowest BCUT2D eigenvalue weighted by atomic mass is 10.1. The Balaban J connectivity index is 2.16. The minimum atomic E-state index is -0.915. The number of rotatable bonds is 7. The zero-order chi connectivity index (χ0) is 16.7. The summed E-state index contributed by atoms with van der Waals surface area (Å²) in [4.78, 5) is 25.5. The SMILES string of the molecule is C/C=C/[C@H]([C@@H](OCc1ccccc1)C(=O)OC)N1CCOC1=O. The molecule has 0 saturated carbocycles. The number of nitrogens with zero attached hydrogens (tertiary/aromatic N) is 1. The monoisotopic (exact) mass is 319 g/mol. The average molecular weight is 319 g/mol. The zero-order valence-corrected chi connectivity index (χ0v) is 13.3. The molecule has 6 nitrogen and oxygen atoms in total. The minimum Gasteiger partial charge on any atom is -0.467 e. The highest BCUT2D eigenvalue weighted by molar-refractivity contribution is 5.78. The lowest BCUT2D eigenvalue weighted by Gasteiger charge is -2.29. The molecule has 2 rings (SSSR count). The van der Waals surface area contributed by atoms with Gasteiger partial charge in [0.25, 0.3) is 0 Å². The van der Waals surface area contributed by atoms with E-state index in [0.29, 0.717) is 13.2 Å². The van der Waals surface area contributed by atoms with Crippen molar-refractivity contribution in [1.29, 1.82) is 0 Å². The summed E-state index contributed by atoms with van der Waals surface area (Å²) in [6.07, 6.45) is 2.16. The van der Waals surface area contributed by atoms with Gasteiger partial charge in [-0.25, -0.2) is 9.59 Å². The smallest absolute Gasteiger partial charge is 0.410 e. The second-order valence-electron chi connectivity index (χ2n) is 5.06. The second kappa shape index (κ2) is 8.33. The Morgan fingerprint density at radius 2 is 2.13 bits per heavy atom. The van der Waals surface area contributed by atoms with Crippen LogP contribution in [0.15, 0.2) is 42.5 Å². The van der Waals surface area contributed by atoms with Crippen LogP contribution in [0.3, 0.4) is 0 Å². The van der Waals surface area contributed by atoms with E-state index in [1.165, 1.54) is 12.0 Å². The molecule has 6 heteroatoms. The number of amides is 1. The maximum atomic E-state index is 12.2. The minimum absolute atomic E-state index is 0.248. The van der Waals surface area contributed by atoms with Gasteiger partial charge in [-0.05, 0) is 12.5 Å². The molecule has 1 fully saturated rings. The first-order valence-corrected chi connectivity index (χ1v) is 7.47. The molecule has 0 radical (unpaired) electrons. The molecular formula is C17H21NO5. The van der Waals surface area contributed by atoms with Crippen LogP contribution in [0.25, 0.3) is 0 Å². The van der Waals surface area contributed by atoms with Crippen molar-refractivity contribution in [3.05, 3.63) is 48.0 Å². The fourth-order valence-corrected chi connectivity index (χ4v) is 2.42. The number of ether oxygens (including phenoxy) is 3. The van der Waals surface area contributed by atoms with E-state index in [1.807, 2.05) is 37.3 Å². The number of benzene rings is 1. The van der Waals surface area contributed by atoms with Crippen LogP contribution in [0.4, 0.5) is 4.79 Å². The van der Waals surface area contributed by atoms with E-state index in [1.54, 1.807) is 12.2 Å². The van der Waals surface area contributed by atoms with Crippen LogP contribution in [-0.2, 0) is 25.6 Å². The molecule has 23 heavy (non-hydrogen) atoms. The van der Waals surface area contributed by atoms with Gasteiger partial charge < -0.3 is 14.2 Å². The highest BCUT2D eigenvalue weighted by Gasteiger charge is 2.38. The van der Waals surface area contributed by atoms with Crippen LogP contribution in [0.1, 0.15) is 12.5 Å². The van der Waals surface area contributed by atoms with Crippen LogP contribution < -0.4 is 0 Å². The lowest BCUT2D eigenvalue weighted by molar-refractivity contribution is -0.157. The van der Waals surface area contributed by atoms with E-state index in [-0.39, 0.29) is 6.61 Å².